The van der Waals surface area contributed by atoms with E-state index < -0.39 is 6.10 Å². The van der Waals surface area contributed by atoms with Gasteiger partial charge in [-0.15, -0.1) is 0 Å². The van der Waals surface area contributed by atoms with E-state index in [-0.39, 0.29) is 37.5 Å². The summed E-state index contributed by atoms with van der Waals surface area (Å²) in [6, 6.07) is 0. The van der Waals surface area contributed by atoms with Gasteiger partial charge in [-0.2, -0.15) is 0 Å². The monoisotopic (exact) mass is 987 g/mol. The summed E-state index contributed by atoms with van der Waals surface area (Å²) in [5.41, 5.74) is 0. The fraction of sp³-hybridized carbons (Fsp3) is 0.708. The first-order valence-corrected chi connectivity index (χ1v) is 29.7. The van der Waals surface area contributed by atoms with Gasteiger partial charge in [0.25, 0.3) is 0 Å². The average molecular weight is 988 g/mol. The third-order valence-corrected chi connectivity index (χ3v) is 12.6. The molecule has 0 bridgehead atoms. The molecule has 0 radical (unpaired) electrons. The average Bonchev–Trinajstić information content (AvgIpc) is 3.37. The smallest absolute Gasteiger partial charge is 0.306 e. The molecule has 0 aromatic rings. The summed E-state index contributed by atoms with van der Waals surface area (Å²) in [6.07, 6.45) is 78.5. The number of hydrogen-bond donors (Lipinski definition) is 0. The van der Waals surface area contributed by atoms with Crippen LogP contribution in [0.1, 0.15) is 278 Å². The van der Waals surface area contributed by atoms with Crippen LogP contribution in [0.4, 0.5) is 0 Å². The zero-order chi connectivity index (χ0) is 51.4. The Kier molecular flexibility index (Phi) is 55.9. The third kappa shape index (κ3) is 57.1. The first-order valence-electron chi connectivity index (χ1n) is 29.7. The predicted octanol–water partition coefficient (Wildman–Crippen LogP) is 20.1. The van der Waals surface area contributed by atoms with Crippen LogP contribution in [0.15, 0.2) is 97.2 Å². The molecule has 406 valence electrons. The number of allylic oxidation sites excluding steroid dienone is 16. The first kappa shape index (κ1) is 67.3. The fourth-order valence-electron chi connectivity index (χ4n) is 8.15. The van der Waals surface area contributed by atoms with Gasteiger partial charge in [0, 0.05) is 19.3 Å². The molecule has 0 spiro atoms. The standard InChI is InChI=1S/C65H110O6/c1-4-7-10-13-16-19-22-25-27-28-29-30-31-32-33-34-35-36-38-40-43-46-49-52-55-58-64(67)70-61-62(60-69-63(66)57-54-51-48-45-42-39-24-21-18-15-12-9-6-3)71-65(68)59-56-53-50-47-44-41-37-26-23-20-17-14-11-8-5-2/h8-9,11-12,17-18,20-21,26,28-29,37,39,42,44,47,62H,4-7,10,13-16,19,22-25,27,30-36,38,40-41,43,45-46,48-61H2,1-3H3/b11-8-,12-9-,20-17-,21-18-,29-28-,37-26-,42-39-,47-44-. The highest BCUT2D eigenvalue weighted by Gasteiger charge is 2.19. The van der Waals surface area contributed by atoms with Crippen LogP contribution in [0.25, 0.3) is 0 Å². The van der Waals surface area contributed by atoms with Crippen molar-refractivity contribution in [1.82, 2.24) is 0 Å². The molecular formula is C65H110O6. The molecule has 0 aromatic carbocycles. The Morgan fingerprint density at radius 2 is 0.549 bits per heavy atom. The molecule has 0 saturated carbocycles. The van der Waals surface area contributed by atoms with Crippen LogP contribution in [-0.2, 0) is 28.6 Å². The van der Waals surface area contributed by atoms with Crippen LogP contribution in [0.3, 0.4) is 0 Å². The number of carbonyl (C=O) groups excluding carboxylic acids is 3. The van der Waals surface area contributed by atoms with Crippen molar-refractivity contribution in [2.75, 3.05) is 13.2 Å². The van der Waals surface area contributed by atoms with Gasteiger partial charge in [-0.25, -0.2) is 0 Å². The zero-order valence-corrected chi connectivity index (χ0v) is 46.5. The summed E-state index contributed by atoms with van der Waals surface area (Å²) in [7, 11) is 0. The van der Waals surface area contributed by atoms with Crippen molar-refractivity contribution in [2.45, 2.75) is 284 Å². The molecule has 0 aliphatic heterocycles. The molecule has 0 aliphatic carbocycles. The van der Waals surface area contributed by atoms with Crippen molar-refractivity contribution in [2.24, 2.45) is 0 Å². The molecule has 0 rings (SSSR count). The minimum absolute atomic E-state index is 0.104. The summed E-state index contributed by atoms with van der Waals surface area (Å²) < 4.78 is 16.8. The van der Waals surface area contributed by atoms with Gasteiger partial charge in [-0.1, -0.05) is 240 Å². The highest BCUT2D eigenvalue weighted by atomic mass is 16.6. The van der Waals surface area contributed by atoms with E-state index in [0.29, 0.717) is 19.3 Å². The lowest BCUT2D eigenvalue weighted by Gasteiger charge is -2.18. The molecule has 0 aliphatic rings. The van der Waals surface area contributed by atoms with Crippen LogP contribution in [0.5, 0.6) is 0 Å². The van der Waals surface area contributed by atoms with Gasteiger partial charge in [-0.3, -0.25) is 14.4 Å². The predicted molar refractivity (Wildman–Crippen MR) is 307 cm³/mol. The number of esters is 3. The van der Waals surface area contributed by atoms with Crippen molar-refractivity contribution >= 4 is 17.9 Å². The minimum Gasteiger partial charge on any atom is -0.462 e. The molecule has 71 heavy (non-hydrogen) atoms. The summed E-state index contributed by atoms with van der Waals surface area (Å²) in [5.74, 6) is -0.973. The van der Waals surface area contributed by atoms with Crippen LogP contribution in [0, 0.1) is 0 Å². The summed E-state index contributed by atoms with van der Waals surface area (Å²) in [5, 5.41) is 0. The lowest BCUT2D eigenvalue weighted by molar-refractivity contribution is -0.167. The maximum Gasteiger partial charge on any atom is 0.306 e. The first-order chi connectivity index (χ1) is 35.0. The molecule has 1 atom stereocenters. The Morgan fingerprint density at radius 1 is 0.296 bits per heavy atom. The maximum absolute atomic E-state index is 12.8. The SMILES string of the molecule is CC/C=C\C/C=C\C/C=C\C/C=C\CCCCC(=O)OC(COC(=O)CCCCC/C=C\C/C=C\C/C=C\CC)COC(=O)CCCCCCCCCCCCCCC/C=C\CCCCCCCCCC. The van der Waals surface area contributed by atoms with Crippen molar-refractivity contribution in [1.29, 1.82) is 0 Å². The molecule has 0 fully saturated rings. The van der Waals surface area contributed by atoms with E-state index in [2.05, 4.69) is 118 Å². The lowest BCUT2D eigenvalue weighted by Crippen LogP contribution is -2.30. The Morgan fingerprint density at radius 3 is 0.915 bits per heavy atom. The second-order valence-electron chi connectivity index (χ2n) is 19.5. The van der Waals surface area contributed by atoms with Crippen LogP contribution in [0.2, 0.25) is 0 Å². The fourth-order valence-corrected chi connectivity index (χ4v) is 8.15. The van der Waals surface area contributed by atoms with Gasteiger partial charge >= 0.3 is 17.9 Å². The molecule has 6 nitrogen and oxygen atoms in total. The topological polar surface area (TPSA) is 78.9 Å². The van der Waals surface area contributed by atoms with Crippen molar-refractivity contribution in [3.05, 3.63) is 97.2 Å². The second-order valence-corrected chi connectivity index (χ2v) is 19.5. The molecule has 1 unspecified atom stereocenters. The molecule has 0 saturated heterocycles. The summed E-state index contributed by atoms with van der Waals surface area (Å²) in [6.45, 7) is 6.36. The molecule has 6 heteroatoms. The second kappa shape index (κ2) is 58.9. The van der Waals surface area contributed by atoms with E-state index in [0.717, 1.165) is 103 Å². The van der Waals surface area contributed by atoms with E-state index in [1.807, 2.05) is 0 Å². The van der Waals surface area contributed by atoms with E-state index in [1.165, 1.54) is 128 Å². The molecule has 0 heterocycles. The van der Waals surface area contributed by atoms with E-state index >= 15 is 0 Å². The summed E-state index contributed by atoms with van der Waals surface area (Å²) in [4.78, 5) is 38.1. The van der Waals surface area contributed by atoms with Gasteiger partial charge in [0.05, 0.1) is 0 Å². The Hall–Kier alpha value is -3.67. The Balaban J connectivity index is 4.33. The summed E-state index contributed by atoms with van der Waals surface area (Å²) >= 11 is 0. The molecule has 0 N–H and O–H groups in total. The Bertz CT molecular complexity index is 1410. The van der Waals surface area contributed by atoms with Gasteiger partial charge in [0.1, 0.15) is 13.2 Å². The zero-order valence-electron chi connectivity index (χ0n) is 46.5. The lowest BCUT2D eigenvalue weighted by atomic mass is 10.0. The van der Waals surface area contributed by atoms with Crippen LogP contribution < -0.4 is 0 Å². The van der Waals surface area contributed by atoms with Gasteiger partial charge in [-0.05, 0) is 116 Å². The number of rotatable bonds is 53. The number of ether oxygens (including phenoxy) is 3. The van der Waals surface area contributed by atoms with Gasteiger partial charge < -0.3 is 14.2 Å². The normalized spacial score (nSPS) is 12.8. The number of carbonyl (C=O) groups is 3. The van der Waals surface area contributed by atoms with Gasteiger partial charge in [0.2, 0.25) is 0 Å². The van der Waals surface area contributed by atoms with E-state index in [1.54, 1.807) is 0 Å². The largest absolute Gasteiger partial charge is 0.462 e. The molecular weight excluding hydrogens is 877 g/mol. The molecule has 0 aromatic heterocycles. The Labute approximate surface area is 438 Å². The van der Waals surface area contributed by atoms with Crippen molar-refractivity contribution in [3.63, 3.8) is 0 Å². The van der Waals surface area contributed by atoms with E-state index in [9.17, 15) is 14.4 Å². The minimum atomic E-state index is -0.812. The number of hydrogen-bond acceptors (Lipinski definition) is 6. The highest BCUT2D eigenvalue weighted by molar-refractivity contribution is 5.71. The molecule has 0 amide bonds. The van der Waals surface area contributed by atoms with Crippen molar-refractivity contribution < 1.29 is 28.6 Å². The highest BCUT2D eigenvalue weighted by Crippen LogP contribution is 2.15. The third-order valence-electron chi connectivity index (χ3n) is 12.6. The maximum atomic E-state index is 12.8. The quantitative estimate of drug-likeness (QED) is 0.0261. The van der Waals surface area contributed by atoms with Crippen molar-refractivity contribution in [3.8, 4) is 0 Å². The van der Waals surface area contributed by atoms with Crippen LogP contribution in [-0.4, -0.2) is 37.2 Å². The van der Waals surface area contributed by atoms with Crippen LogP contribution >= 0.6 is 0 Å². The van der Waals surface area contributed by atoms with E-state index in [4.69, 9.17) is 14.2 Å². The number of unbranched alkanes of at least 4 members (excludes halogenated alkanes) is 26. The van der Waals surface area contributed by atoms with Gasteiger partial charge in [0.15, 0.2) is 6.10 Å².